The number of hydrogen-bond donors (Lipinski definition) is 0. The molecule has 1 unspecified atom stereocenters. The Morgan fingerprint density at radius 2 is 2.00 bits per heavy atom. The van der Waals surface area contributed by atoms with Crippen LogP contribution in [0.15, 0.2) is 12.1 Å². The Bertz CT molecular complexity index is 682. The summed E-state index contributed by atoms with van der Waals surface area (Å²) < 4.78 is 28.4. The van der Waals surface area contributed by atoms with Crippen LogP contribution < -0.4 is 4.74 Å². The number of rotatable bonds is 4. The lowest BCUT2D eigenvalue weighted by Crippen LogP contribution is -2.38. The number of benzene rings is 1. The average Bonchev–Trinajstić information content (AvgIpc) is 2.83. The molecule has 5 nitrogen and oxygen atoms in total. The van der Waals surface area contributed by atoms with Gasteiger partial charge in [-0.3, -0.25) is 4.79 Å². The molecule has 0 saturated carbocycles. The fraction of sp³-hybridized carbons (Fsp3) is 0.562. The van der Waals surface area contributed by atoms with Gasteiger partial charge in [0.05, 0.1) is 25.0 Å². The largest absolute Gasteiger partial charge is 0.496 e. The first-order valence-corrected chi connectivity index (χ1v) is 9.16. The molecule has 1 fully saturated rings. The van der Waals surface area contributed by atoms with Gasteiger partial charge >= 0.3 is 0 Å². The van der Waals surface area contributed by atoms with Crippen molar-refractivity contribution in [3.8, 4) is 5.75 Å². The Kier molecular flexibility index (Phi) is 4.80. The van der Waals surface area contributed by atoms with Crippen molar-refractivity contribution in [1.29, 1.82) is 0 Å². The van der Waals surface area contributed by atoms with Gasteiger partial charge in [0.2, 0.25) is 5.91 Å². The topological polar surface area (TPSA) is 63.7 Å². The molecule has 1 amide bonds. The molecule has 1 aromatic carbocycles. The fourth-order valence-electron chi connectivity index (χ4n) is 2.84. The van der Waals surface area contributed by atoms with Crippen LogP contribution in [-0.2, 0) is 21.1 Å². The van der Waals surface area contributed by atoms with Crippen molar-refractivity contribution in [3.05, 3.63) is 28.8 Å². The van der Waals surface area contributed by atoms with E-state index in [0.717, 1.165) is 22.4 Å². The second-order valence-corrected chi connectivity index (χ2v) is 8.14. The second-order valence-electron chi connectivity index (χ2n) is 5.92. The minimum Gasteiger partial charge on any atom is -0.496 e. The van der Waals surface area contributed by atoms with Crippen LogP contribution in [0.1, 0.15) is 23.1 Å². The lowest BCUT2D eigenvalue weighted by atomic mass is 9.99. The van der Waals surface area contributed by atoms with E-state index in [4.69, 9.17) is 4.74 Å². The van der Waals surface area contributed by atoms with Crippen LogP contribution in [0.3, 0.4) is 0 Å². The predicted molar refractivity (Wildman–Crippen MR) is 86.0 cm³/mol. The van der Waals surface area contributed by atoms with Crippen LogP contribution in [0, 0.1) is 13.8 Å². The van der Waals surface area contributed by atoms with E-state index >= 15 is 0 Å². The third-order valence-corrected chi connectivity index (χ3v) is 6.31. The Morgan fingerprint density at radius 1 is 1.32 bits per heavy atom. The van der Waals surface area contributed by atoms with E-state index in [9.17, 15) is 13.2 Å². The lowest BCUT2D eigenvalue weighted by Gasteiger charge is -2.24. The highest BCUT2D eigenvalue weighted by atomic mass is 32.2. The second kappa shape index (κ2) is 6.28. The van der Waals surface area contributed by atoms with Crippen molar-refractivity contribution < 1.29 is 17.9 Å². The molecule has 0 bridgehead atoms. The molecule has 1 saturated heterocycles. The molecule has 1 heterocycles. The molecule has 1 atom stereocenters. The standard InChI is InChI=1S/C16H23NO4S/c1-11-12(2)15(21-4)6-5-13(11)9-16(18)17(3)14-7-8-22(19,20)10-14/h5-6,14H,7-10H2,1-4H3. The van der Waals surface area contributed by atoms with Crippen LogP contribution in [0.5, 0.6) is 5.75 Å². The van der Waals surface area contributed by atoms with Gasteiger partial charge in [0, 0.05) is 13.1 Å². The van der Waals surface area contributed by atoms with Crippen LogP contribution in [-0.4, -0.2) is 50.9 Å². The van der Waals surface area contributed by atoms with Gasteiger partial charge < -0.3 is 9.64 Å². The molecular weight excluding hydrogens is 302 g/mol. The van der Waals surface area contributed by atoms with Crippen LogP contribution in [0.25, 0.3) is 0 Å². The van der Waals surface area contributed by atoms with E-state index in [1.807, 2.05) is 26.0 Å². The molecule has 22 heavy (non-hydrogen) atoms. The lowest BCUT2D eigenvalue weighted by molar-refractivity contribution is -0.130. The maximum atomic E-state index is 12.4. The fourth-order valence-corrected chi connectivity index (χ4v) is 4.61. The van der Waals surface area contributed by atoms with Crippen LogP contribution in [0.4, 0.5) is 0 Å². The number of nitrogens with zero attached hydrogens (tertiary/aromatic N) is 1. The summed E-state index contributed by atoms with van der Waals surface area (Å²) in [6, 6.07) is 3.57. The highest BCUT2D eigenvalue weighted by molar-refractivity contribution is 7.91. The van der Waals surface area contributed by atoms with Gasteiger partial charge in [0.15, 0.2) is 9.84 Å². The molecule has 122 valence electrons. The third kappa shape index (κ3) is 3.43. The van der Waals surface area contributed by atoms with Gasteiger partial charge in [-0.15, -0.1) is 0 Å². The maximum Gasteiger partial charge on any atom is 0.227 e. The van der Waals surface area contributed by atoms with E-state index in [1.54, 1.807) is 19.1 Å². The predicted octanol–water partition coefficient (Wildman–Crippen LogP) is 1.50. The molecule has 0 aliphatic carbocycles. The number of hydrogen-bond acceptors (Lipinski definition) is 4. The zero-order valence-corrected chi connectivity index (χ0v) is 14.4. The molecule has 6 heteroatoms. The molecule has 0 N–H and O–H groups in total. The summed E-state index contributed by atoms with van der Waals surface area (Å²) in [5.74, 6) is 1.02. The number of amides is 1. The first-order chi connectivity index (χ1) is 10.2. The minimum atomic E-state index is -2.98. The number of likely N-dealkylation sites (N-methyl/N-ethyl adjacent to an activating group) is 1. The number of methoxy groups -OCH3 is 1. The Labute approximate surface area is 132 Å². The Hall–Kier alpha value is -1.56. The molecule has 1 aromatic rings. The van der Waals surface area contributed by atoms with Crippen LogP contribution >= 0.6 is 0 Å². The SMILES string of the molecule is COc1ccc(CC(=O)N(C)C2CCS(=O)(=O)C2)c(C)c1C. The van der Waals surface area contributed by atoms with Crippen molar-refractivity contribution in [2.24, 2.45) is 0 Å². The summed E-state index contributed by atoms with van der Waals surface area (Å²) in [5.41, 5.74) is 3.02. The third-order valence-electron chi connectivity index (χ3n) is 4.56. The van der Waals surface area contributed by atoms with Crippen molar-refractivity contribution >= 4 is 15.7 Å². The van der Waals surface area contributed by atoms with Gasteiger partial charge in [-0.2, -0.15) is 0 Å². The number of carbonyl (C=O) groups excluding carboxylic acids is 1. The van der Waals surface area contributed by atoms with Gasteiger partial charge in [-0.1, -0.05) is 6.07 Å². The quantitative estimate of drug-likeness (QED) is 0.841. The zero-order chi connectivity index (χ0) is 16.5. The molecule has 0 radical (unpaired) electrons. The summed E-state index contributed by atoms with van der Waals surface area (Å²) >= 11 is 0. The normalized spacial score (nSPS) is 19.9. The monoisotopic (exact) mass is 325 g/mol. The van der Waals surface area contributed by atoms with Crippen molar-refractivity contribution in [3.63, 3.8) is 0 Å². The smallest absolute Gasteiger partial charge is 0.227 e. The highest BCUT2D eigenvalue weighted by Crippen LogP contribution is 2.25. The average molecular weight is 325 g/mol. The van der Waals surface area contributed by atoms with Crippen molar-refractivity contribution in [2.75, 3.05) is 25.7 Å². The molecule has 0 spiro atoms. The maximum absolute atomic E-state index is 12.4. The van der Waals surface area contributed by atoms with Gasteiger partial charge in [-0.25, -0.2) is 8.42 Å². The first kappa shape index (κ1) is 16.8. The first-order valence-electron chi connectivity index (χ1n) is 7.34. The van der Waals surface area contributed by atoms with Gasteiger partial charge in [0.1, 0.15) is 5.75 Å². The number of carbonyl (C=O) groups is 1. The summed E-state index contributed by atoms with van der Waals surface area (Å²) in [5, 5.41) is 0. The molecule has 1 aliphatic rings. The van der Waals surface area contributed by atoms with E-state index in [1.165, 1.54) is 0 Å². The van der Waals surface area contributed by atoms with Gasteiger partial charge in [-0.05, 0) is 43.0 Å². The van der Waals surface area contributed by atoms with Crippen molar-refractivity contribution in [2.45, 2.75) is 32.7 Å². The molecule has 1 aliphatic heterocycles. The minimum absolute atomic E-state index is 0.0465. The molecule has 2 rings (SSSR count). The summed E-state index contributed by atoms with van der Waals surface area (Å²) in [6.07, 6.45) is 0.814. The van der Waals surface area contributed by atoms with Crippen molar-refractivity contribution in [1.82, 2.24) is 4.90 Å². The number of sulfone groups is 1. The molecule has 0 aromatic heterocycles. The van der Waals surface area contributed by atoms with E-state index in [0.29, 0.717) is 6.42 Å². The van der Waals surface area contributed by atoms with E-state index in [2.05, 4.69) is 0 Å². The summed E-state index contributed by atoms with van der Waals surface area (Å²) in [4.78, 5) is 14.0. The Morgan fingerprint density at radius 3 is 2.55 bits per heavy atom. The Balaban J connectivity index is 2.11. The van der Waals surface area contributed by atoms with Gasteiger partial charge in [0.25, 0.3) is 0 Å². The van der Waals surface area contributed by atoms with E-state index < -0.39 is 9.84 Å². The molecular formula is C16H23NO4S. The summed E-state index contributed by atoms with van der Waals surface area (Å²) in [6.45, 7) is 3.94. The highest BCUT2D eigenvalue weighted by Gasteiger charge is 2.32. The zero-order valence-electron chi connectivity index (χ0n) is 13.5. The number of ether oxygens (including phenoxy) is 1. The van der Waals surface area contributed by atoms with E-state index in [-0.39, 0.29) is 29.9 Å². The van der Waals surface area contributed by atoms with Crippen LogP contribution in [0.2, 0.25) is 0 Å². The summed E-state index contributed by atoms with van der Waals surface area (Å²) in [7, 11) is 0.339.